The molecule has 4 unspecified atom stereocenters. The van der Waals surface area contributed by atoms with E-state index in [0.29, 0.717) is 54.3 Å². The number of benzene rings is 1. The molecule has 13 heteroatoms. The molecule has 1 amide bonds. The topological polar surface area (TPSA) is 96.4 Å². The number of amides is 1. The molecule has 2 aliphatic heterocycles. The summed E-state index contributed by atoms with van der Waals surface area (Å²) in [4.78, 5) is 38.2. The number of nitrogens with zero attached hydrogens (tertiary/aromatic N) is 2. The van der Waals surface area contributed by atoms with Gasteiger partial charge in [-0.05, 0) is 103 Å². The van der Waals surface area contributed by atoms with Crippen molar-refractivity contribution >= 4 is 52.2 Å². The third-order valence-electron chi connectivity index (χ3n) is 12.3. The van der Waals surface area contributed by atoms with Gasteiger partial charge in [0.2, 0.25) is 11.8 Å². The van der Waals surface area contributed by atoms with Crippen molar-refractivity contribution in [3.05, 3.63) is 36.4 Å². The van der Waals surface area contributed by atoms with Gasteiger partial charge in [-0.1, -0.05) is 33.6 Å². The van der Waals surface area contributed by atoms with Crippen molar-refractivity contribution in [2.24, 2.45) is 23.2 Å². The number of carbonyl (C=O) groups is 3. The fourth-order valence-electron chi connectivity index (χ4n) is 9.54. The maximum Gasteiger partial charge on any atom is 0.290 e. The molecule has 53 heavy (non-hydrogen) atoms. The van der Waals surface area contributed by atoms with Crippen LogP contribution in [0, 0.1) is 23.2 Å². The molecule has 0 aromatic heterocycles. The Labute approximate surface area is 324 Å². The Morgan fingerprint density at radius 2 is 1.81 bits per heavy atom. The van der Waals surface area contributed by atoms with Gasteiger partial charge < -0.3 is 24.4 Å². The van der Waals surface area contributed by atoms with Crippen LogP contribution in [0.2, 0.25) is 5.21 Å². The molecule has 5 aliphatic rings. The molecule has 3 aliphatic carbocycles. The number of methoxy groups -OCH3 is 1. The molecule has 2 saturated heterocycles. The first-order valence-electron chi connectivity index (χ1n) is 19.2. The molecule has 4 fully saturated rings. The van der Waals surface area contributed by atoms with Gasteiger partial charge in [-0.3, -0.25) is 14.4 Å². The Balaban J connectivity index is 0.000000402. The van der Waals surface area contributed by atoms with E-state index >= 15 is 0 Å². The van der Waals surface area contributed by atoms with E-state index in [1.165, 1.54) is 29.7 Å². The number of anilines is 1. The number of hydrogen-bond donors (Lipinski definition) is 2. The van der Waals surface area contributed by atoms with Crippen LogP contribution in [0.5, 0.6) is 5.75 Å². The molecule has 1 aromatic carbocycles. The zero-order valence-electron chi connectivity index (χ0n) is 32.3. The Morgan fingerprint density at radius 1 is 1.15 bits per heavy atom. The summed E-state index contributed by atoms with van der Waals surface area (Å²) in [5.74, 6) is 1.44. The first kappa shape index (κ1) is 44.9. The average molecular weight is 757 g/mol. The predicted molar refractivity (Wildman–Crippen MR) is 212 cm³/mol. The number of piperidine rings is 1. The highest BCUT2D eigenvalue weighted by Gasteiger charge is 2.56. The van der Waals surface area contributed by atoms with Crippen LogP contribution >= 0.6 is 12.6 Å². The molecule has 1 aromatic rings. The molecule has 292 valence electrons. The van der Waals surface area contributed by atoms with Gasteiger partial charge in [-0.2, -0.15) is 12.6 Å². The molecule has 5 atom stereocenters. The Bertz CT molecular complexity index is 1380. The SMILES string of the molecule is C=C.CCC[C@@H]1Cc2cc(N3CCC(N4CCOCC4=O)CC3)c(OC)cc2C2CCC3(C)C(=O)CCC3C21.O=CO.[B]C([B])(C)C(F)(F)CCCS. The van der Waals surface area contributed by atoms with Crippen molar-refractivity contribution in [1.82, 2.24) is 4.90 Å². The highest BCUT2D eigenvalue weighted by atomic mass is 32.1. The van der Waals surface area contributed by atoms with Gasteiger partial charge in [0.25, 0.3) is 6.47 Å². The second kappa shape index (κ2) is 19.9. The lowest BCUT2D eigenvalue weighted by Gasteiger charge is -2.52. The molecule has 0 spiro atoms. The maximum absolute atomic E-state index is 12.9. The van der Waals surface area contributed by atoms with E-state index in [9.17, 15) is 18.4 Å². The van der Waals surface area contributed by atoms with Crippen molar-refractivity contribution in [3.8, 4) is 5.75 Å². The summed E-state index contributed by atoms with van der Waals surface area (Å²) in [6, 6.07) is 5.12. The lowest BCUT2D eigenvalue weighted by molar-refractivity contribution is -0.146. The molecule has 2 heterocycles. The van der Waals surface area contributed by atoms with Crippen LogP contribution < -0.4 is 9.64 Å². The number of hydrogen-bond acceptors (Lipinski definition) is 7. The zero-order chi connectivity index (χ0) is 39.6. The predicted octanol–water partition coefficient (Wildman–Crippen LogP) is 7.28. The van der Waals surface area contributed by atoms with Crippen LogP contribution in [-0.2, 0) is 25.5 Å². The first-order chi connectivity index (χ1) is 25.2. The van der Waals surface area contributed by atoms with Gasteiger partial charge in [0.15, 0.2) is 0 Å². The number of alkyl halides is 2. The molecular weight excluding hydrogens is 696 g/mol. The minimum atomic E-state index is -3.00. The normalized spacial score (nSPS) is 27.0. The van der Waals surface area contributed by atoms with E-state index in [1.807, 2.05) is 4.90 Å². The number of ether oxygens (including phenoxy) is 2. The van der Waals surface area contributed by atoms with Gasteiger partial charge >= 0.3 is 0 Å². The Hall–Kier alpha value is -2.53. The number of ketones is 1. The minimum absolute atomic E-state index is 0.0963. The summed E-state index contributed by atoms with van der Waals surface area (Å²) in [5.41, 5.74) is 4.13. The quantitative estimate of drug-likeness (QED) is 0.118. The molecular formula is C40H60B2F2N2O6S. The summed E-state index contributed by atoms with van der Waals surface area (Å²) in [6.07, 6.45) is 9.60. The second-order valence-electron chi connectivity index (χ2n) is 15.5. The lowest BCUT2D eigenvalue weighted by Crippen LogP contribution is -2.52. The van der Waals surface area contributed by atoms with Gasteiger partial charge in [0.1, 0.15) is 18.1 Å². The minimum Gasteiger partial charge on any atom is -0.495 e. The van der Waals surface area contributed by atoms with E-state index in [-0.39, 0.29) is 30.8 Å². The zero-order valence-corrected chi connectivity index (χ0v) is 33.2. The van der Waals surface area contributed by atoms with Gasteiger partial charge in [-0.15, -0.1) is 13.2 Å². The number of rotatable bonds is 9. The van der Waals surface area contributed by atoms with Gasteiger partial charge in [-0.25, -0.2) is 8.78 Å². The maximum atomic E-state index is 12.9. The third kappa shape index (κ3) is 10.2. The monoisotopic (exact) mass is 756 g/mol. The Morgan fingerprint density at radius 3 is 2.38 bits per heavy atom. The van der Waals surface area contributed by atoms with E-state index in [2.05, 4.69) is 56.7 Å². The van der Waals surface area contributed by atoms with Crippen molar-refractivity contribution < 1.29 is 37.7 Å². The molecule has 0 bridgehead atoms. The molecule has 2 saturated carbocycles. The van der Waals surface area contributed by atoms with Gasteiger partial charge in [0.05, 0.1) is 35.1 Å². The first-order valence-corrected chi connectivity index (χ1v) is 19.8. The highest BCUT2D eigenvalue weighted by molar-refractivity contribution is 7.80. The second-order valence-corrected chi connectivity index (χ2v) is 15.9. The molecule has 1 N–H and O–H groups in total. The van der Waals surface area contributed by atoms with E-state index < -0.39 is 11.1 Å². The number of carbonyl (C=O) groups excluding carboxylic acids is 2. The lowest BCUT2D eigenvalue weighted by atomic mass is 9.51. The van der Waals surface area contributed by atoms with Crippen molar-refractivity contribution in [1.29, 1.82) is 0 Å². The number of Topliss-reactive ketones (excluding diaryl/α,β-unsaturated/α-hetero) is 1. The van der Waals surface area contributed by atoms with Crippen LogP contribution in [0.3, 0.4) is 0 Å². The standard InChI is InChI=1S/C31H44N2O4.C6H10B2F2S.C2H4.CH2O2/c1-4-5-20-16-21-17-26(32-12-9-22(10-13-32)33-14-15-37-19-29(33)35)27(36-3)18-24(21)23-8-11-31(2)25(30(20)23)6-7-28(31)34;1-5(7,8)6(9,10)3-2-4-11;1-2;2-1-3/h17-18,20,22-23,25,30H,4-16,19H2,1-3H3;11H,2-4H2,1H3;1-2H2;1H,(H,2,3)/t20-,23?,25?,30?,31?;;;/m1.../s1. The van der Waals surface area contributed by atoms with E-state index in [4.69, 9.17) is 35.1 Å². The smallest absolute Gasteiger partial charge is 0.290 e. The van der Waals surface area contributed by atoms with Crippen molar-refractivity contribution in [2.45, 2.75) is 114 Å². The average Bonchev–Trinajstić information content (AvgIpc) is 3.45. The van der Waals surface area contributed by atoms with Crippen molar-refractivity contribution in [2.75, 3.05) is 50.6 Å². The fraction of sp³-hybridized carbons (Fsp3) is 0.725. The summed E-state index contributed by atoms with van der Waals surface area (Å²) in [7, 11) is 11.9. The summed E-state index contributed by atoms with van der Waals surface area (Å²) in [5, 5.41) is 4.97. The largest absolute Gasteiger partial charge is 0.495 e. The van der Waals surface area contributed by atoms with Crippen LogP contribution in [0.25, 0.3) is 0 Å². The number of morpholine rings is 1. The number of carboxylic acid groups (broad SMARTS) is 1. The number of fused-ring (bicyclic) bond motifs is 5. The molecule has 8 nitrogen and oxygen atoms in total. The molecule has 4 radical (unpaired) electrons. The summed E-state index contributed by atoms with van der Waals surface area (Å²) < 4.78 is 37.0. The third-order valence-corrected chi connectivity index (χ3v) is 12.6. The van der Waals surface area contributed by atoms with E-state index in [1.54, 1.807) is 7.11 Å². The van der Waals surface area contributed by atoms with Crippen molar-refractivity contribution in [3.63, 3.8) is 0 Å². The van der Waals surface area contributed by atoms with Crippen LogP contribution in [0.4, 0.5) is 14.5 Å². The van der Waals surface area contributed by atoms with E-state index in [0.717, 1.165) is 77.3 Å². The highest BCUT2D eigenvalue weighted by Crippen LogP contribution is 2.62. The summed E-state index contributed by atoms with van der Waals surface area (Å²) in [6.45, 7) is 14.9. The Kier molecular flexibility index (Phi) is 16.8. The number of thiol groups is 1. The summed E-state index contributed by atoms with van der Waals surface area (Å²) >= 11 is 3.81. The van der Waals surface area contributed by atoms with Crippen LogP contribution in [0.1, 0.15) is 102 Å². The van der Waals surface area contributed by atoms with Crippen LogP contribution in [0.15, 0.2) is 25.3 Å². The van der Waals surface area contributed by atoms with Crippen LogP contribution in [-0.4, -0.2) is 102 Å². The molecule has 6 rings (SSSR count). The van der Waals surface area contributed by atoms with Gasteiger partial charge in [0, 0.05) is 43.9 Å². The fourth-order valence-corrected chi connectivity index (χ4v) is 9.69. The number of halogens is 2.